The van der Waals surface area contributed by atoms with Gasteiger partial charge in [-0.05, 0) is 61.3 Å². The number of rotatable bonds is 6. The van der Waals surface area contributed by atoms with E-state index in [-0.39, 0.29) is 11.9 Å². The van der Waals surface area contributed by atoms with E-state index in [0.29, 0.717) is 34.4 Å². The number of aliphatic imine (C=N–C) groups is 1. The molecule has 1 amide bonds. The highest BCUT2D eigenvalue weighted by Crippen LogP contribution is 2.28. The van der Waals surface area contributed by atoms with Crippen LogP contribution in [0.3, 0.4) is 0 Å². The average molecular weight is 478 g/mol. The van der Waals surface area contributed by atoms with Crippen molar-refractivity contribution in [2.24, 2.45) is 4.99 Å². The van der Waals surface area contributed by atoms with Gasteiger partial charge in [0.25, 0.3) is 5.91 Å². The number of piperidine rings is 1. The largest absolute Gasteiger partial charge is 0.493 e. The minimum Gasteiger partial charge on any atom is -0.493 e. The van der Waals surface area contributed by atoms with Crippen LogP contribution in [0.25, 0.3) is 0 Å². The fraction of sp³-hybridized carbons (Fsp3) is 0.423. The number of anilines is 1. The minimum atomic E-state index is -0.121. The van der Waals surface area contributed by atoms with Crippen LogP contribution in [0.2, 0.25) is 0 Å². The SMILES string of the molecule is CC1CN=C(CN2CCC[C@@H](NC(=O)c3ccc(N)c(C(=N)c4ccc5c(c4)CCO5)c3)C2)S1. The van der Waals surface area contributed by atoms with Gasteiger partial charge in [-0.25, -0.2) is 0 Å². The molecule has 0 spiro atoms. The van der Waals surface area contributed by atoms with Gasteiger partial charge in [0, 0.05) is 53.2 Å². The van der Waals surface area contributed by atoms with Gasteiger partial charge in [-0.2, -0.15) is 0 Å². The number of nitrogens with one attached hydrogen (secondary N) is 2. The van der Waals surface area contributed by atoms with Crippen molar-refractivity contribution in [1.82, 2.24) is 10.2 Å². The third-order valence-electron chi connectivity index (χ3n) is 6.62. The molecule has 7 nitrogen and oxygen atoms in total. The maximum absolute atomic E-state index is 13.1. The van der Waals surface area contributed by atoms with Crippen LogP contribution in [0.4, 0.5) is 5.69 Å². The first-order chi connectivity index (χ1) is 16.5. The normalized spacial score (nSPS) is 22.1. The van der Waals surface area contributed by atoms with E-state index in [0.717, 1.165) is 62.3 Å². The van der Waals surface area contributed by atoms with E-state index in [9.17, 15) is 4.79 Å². The number of ether oxygens (including phenoxy) is 1. The monoisotopic (exact) mass is 477 g/mol. The zero-order chi connectivity index (χ0) is 23.7. The van der Waals surface area contributed by atoms with Gasteiger partial charge in [0.1, 0.15) is 5.75 Å². The zero-order valence-corrected chi connectivity index (χ0v) is 20.3. The van der Waals surface area contributed by atoms with E-state index >= 15 is 0 Å². The molecule has 1 fully saturated rings. The van der Waals surface area contributed by atoms with Crippen LogP contribution in [0.15, 0.2) is 41.4 Å². The Labute approximate surface area is 204 Å². The van der Waals surface area contributed by atoms with Crippen molar-refractivity contribution in [3.05, 3.63) is 58.7 Å². The topological polar surface area (TPSA) is 104 Å². The van der Waals surface area contributed by atoms with E-state index in [1.165, 1.54) is 5.04 Å². The third-order valence-corrected chi connectivity index (χ3v) is 7.71. The van der Waals surface area contributed by atoms with E-state index in [1.807, 2.05) is 30.0 Å². The standard InChI is InChI=1S/C26H31N5O2S/c1-16-13-29-24(34-16)15-31-9-2-3-20(14-31)30-26(32)19-4-6-22(27)21(12-19)25(28)18-5-7-23-17(11-18)8-10-33-23/h4-7,11-12,16,20,28H,2-3,8-10,13-15,27H2,1H3,(H,30,32)/t16?,20-/m1/s1. The van der Waals surface area contributed by atoms with Gasteiger partial charge in [0.05, 0.1) is 23.9 Å². The number of amides is 1. The maximum Gasteiger partial charge on any atom is 0.251 e. The molecule has 4 N–H and O–H groups in total. The molecule has 178 valence electrons. The number of benzene rings is 2. The second kappa shape index (κ2) is 9.80. The average Bonchev–Trinajstić information content (AvgIpc) is 3.47. The number of nitrogens with zero attached hydrogens (tertiary/aromatic N) is 2. The van der Waals surface area contributed by atoms with Crippen molar-refractivity contribution in [2.45, 2.75) is 37.5 Å². The van der Waals surface area contributed by atoms with Crippen LogP contribution in [0.1, 0.15) is 46.8 Å². The number of carbonyl (C=O) groups is 1. The van der Waals surface area contributed by atoms with Crippen LogP contribution >= 0.6 is 11.8 Å². The molecule has 2 aromatic rings. The summed E-state index contributed by atoms with van der Waals surface area (Å²) >= 11 is 1.86. The van der Waals surface area contributed by atoms with Crippen LogP contribution < -0.4 is 15.8 Å². The van der Waals surface area contributed by atoms with Gasteiger partial charge in [-0.15, -0.1) is 11.8 Å². The molecule has 5 rings (SSSR count). The molecule has 1 saturated heterocycles. The Hall–Kier alpha value is -2.84. The van der Waals surface area contributed by atoms with Gasteiger partial charge in [0.15, 0.2) is 0 Å². The highest BCUT2D eigenvalue weighted by Gasteiger charge is 2.25. The molecule has 0 saturated carbocycles. The van der Waals surface area contributed by atoms with Gasteiger partial charge >= 0.3 is 0 Å². The first-order valence-electron chi connectivity index (χ1n) is 11.9. The molecule has 3 heterocycles. The smallest absolute Gasteiger partial charge is 0.251 e. The lowest BCUT2D eigenvalue weighted by atomic mass is 9.96. The molecule has 0 radical (unpaired) electrons. The Kier molecular flexibility index (Phi) is 6.61. The number of hydrogen-bond donors (Lipinski definition) is 3. The molecule has 2 atom stereocenters. The molecule has 8 heteroatoms. The van der Waals surface area contributed by atoms with Crippen molar-refractivity contribution >= 4 is 34.1 Å². The first-order valence-corrected chi connectivity index (χ1v) is 12.8. The summed E-state index contributed by atoms with van der Waals surface area (Å²) in [6.45, 7) is 6.52. The van der Waals surface area contributed by atoms with Gasteiger partial charge in [0.2, 0.25) is 0 Å². The lowest BCUT2D eigenvalue weighted by Crippen LogP contribution is -2.48. The highest BCUT2D eigenvalue weighted by atomic mass is 32.2. The number of likely N-dealkylation sites (tertiary alicyclic amines) is 1. The van der Waals surface area contributed by atoms with Crippen molar-refractivity contribution < 1.29 is 9.53 Å². The third kappa shape index (κ3) is 4.98. The Morgan fingerprint density at radius 2 is 2.15 bits per heavy atom. The molecule has 0 aromatic heterocycles. The minimum absolute atomic E-state index is 0.0999. The summed E-state index contributed by atoms with van der Waals surface area (Å²) in [5.41, 5.74) is 10.0. The number of hydrogen-bond acceptors (Lipinski definition) is 7. The molecule has 0 bridgehead atoms. The van der Waals surface area contributed by atoms with Crippen LogP contribution in [-0.4, -0.2) is 65.6 Å². The number of nitrogen functional groups attached to an aromatic ring is 1. The predicted molar refractivity (Wildman–Crippen MR) is 139 cm³/mol. The van der Waals surface area contributed by atoms with Crippen molar-refractivity contribution in [1.29, 1.82) is 5.41 Å². The summed E-state index contributed by atoms with van der Waals surface area (Å²) in [6, 6.07) is 11.1. The molecule has 3 aliphatic rings. The van der Waals surface area contributed by atoms with E-state index in [1.54, 1.807) is 18.2 Å². The van der Waals surface area contributed by atoms with Crippen LogP contribution in [-0.2, 0) is 6.42 Å². The van der Waals surface area contributed by atoms with Gasteiger partial charge < -0.3 is 15.8 Å². The van der Waals surface area contributed by atoms with Crippen LogP contribution in [0, 0.1) is 5.41 Å². The zero-order valence-electron chi connectivity index (χ0n) is 19.5. The molecule has 2 aromatic carbocycles. The Morgan fingerprint density at radius 1 is 1.29 bits per heavy atom. The predicted octanol–water partition coefficient (Wildman–Crippen LogP) is 3.35. The van der Waals surface area contributed by atoms with Crippen LogP contribution in [0.5, 0.6) is 5.75 Å². The summed E-state index contributed by atoms with van der Waals surface area (Å²) in [7, 11) is 0. The summed E-state index contributed by atoms with van der Waals surface area (Å²) in [6.07, 6.45) is 2.86. The Morgan fingerprint density at radius 3 is 2.97 bits per heavy atom. The molecule has 1 unspecified atom stereocenters. The Bertz CT molecular complexity index is 1150. The Balaban J connectivity index is 1.25. The summed E-state index contributed by atoms with van der Waals surface area (Å²) in [5.74, 6) is 0.761. The van der Waals surface area contributed by atoms with E-state index < -0.39 is 0 Å². The molecule has 0 aliphatic carbocycles. The summed E-state index contributed by atoms with van der Waals surface area (Å²) in [4.78, 5) is 20.1. The number of carbonyl (C=O) groups excluding carboxylic acids is 1. The summed E-state index contributed by atoms with van der Waals surface area (Å²) in [5, 5.41) is 13.7. The molecule has 34 heavy (non-hydrogen) atoms. The van der Waals surface area contributed by atoms with Crippen molar-refractivity contribution in [2.75, 3.05) is 38.5 Å². The van der Waals surface area contributed by atoms with Crippen molar-refractivity contribution in [3.63, 3.8) is 0 Å². The quantitative estimate of drug-likeness (QED) is 0.437. The van der Waals surface area contributed by atoms with Gasteiger partial charge in [-0.1, -0.05) is 6.92 Å². The lowest BCUT2D eigenvalue weighted by Gasteiger charge is -2.33. The second-order valence-corrected chi connectivity index (χ2v) is 10.8. The number of fused-ring (bicyclic) bond motifs is 1. The second-order valence-electron chi connectivity index (χ2n) is 9.31. The van der Waals surface area contributed by atoms with Crippen molar-refractivity contribution in [3.8, 4) is 5.75 Å². The summed E-state index contributed by atoms with van der Waals surface area (Å²) < 4.78 is 5.58. The number of thioether (sulfide) groups is 1. The van der Waals surface area contributed by atoms with E-state index in [4.69, 9.17) is 15.9 Å². The van der Waals surface area contributed by atoms with Gasteiger partial charge in [-0.3, -0.25) is 20.1 Å². The lowest BCUT2D eigenvalue weighted by molar-refractivity contribution is 0.0909. The maximum atomic E-state index is 13.1. The fourth-order valence-corrected chi connectivity index (χ4v) is 5.83. The fourth-order valence-electron chi connectivity index (χ4n) is 4.81. The first kappa shape index (κ1) is 22.9. The van der Waals surface area contributed by atoms with E-state index in [2.05, 4.69) is 22.1 Å². The molecule has 3 aliphatic heterocycles. The highest BCUT2D eigenvalue weighted by molar-refractivity contribution is 8.14. The molecular weight excluding hydrogens is 446 g/mol. The molecular formula is C26H31N5O2S. The number of nitrogens with two attached hydrogens (primary N) is 1.